The summed E-state index contributed by atoms with van der Waals surface area (Å²) in [4.78, 5) is 78.5. The minimum Gasteiger partial charge on any atom is -0.508 e. The highest BCUT2D eigenvalue weighted by Gasteiger charge is 2.64. The lowest BCUT2D eigenvalue weighted by atomic mass is 9.94. The first-order chi connectivity index (χ1) is 23.1. The van der Waals surface area contributed by atoms with Crippen LogP contribution in [0.25, 0.3) is 0 Å². The van der Waals surface area contributed by atoms with Crippen molar-refractivity contribution in [3.8, 4) is 5.75 Å². The number of phenolic OH excluding ortho intramolecular Hbond substituents is 1. The molecular formula is C34H39N3O11S. The third-order valence-electron chi connectivity index (χ3n) is 7.98. The number of β-lactam (4-membered cyclic amide) rings is 1. The van der Waals surface area contributed by atoms with Gasteiger partial charge in [-0.25, -0.2) is 9.59 Å². The fourth-order valence-electron chi connectivity index (χ4n) is 5.22. The van der Waals surface area contributed by atoms with Gasteiger partial charge in [-0.1, -0.05) is 42.5 Å². The van der Waals surface area contributed by atoms with Gasteiger partial charge in [-0.05, 0) is 57.9 Å². The molecule has 0 saturated carbocycles. The van der Waals surface area contributed by atoms with Crippen molar-refractivity contribution in [2.75, 3.05) is 13.9 Å². The van der Waals surface area contributed by atoms with Crippen LogP contribution in [0.5, 0.6) is 5.75 Å². The van der Waals surface area contributed by atoms with Gasteiger partial charge in [0.15, 0.2) is 5.41 Å². The van der Waals surface area contributed by atoms with Gasteiger partial charge in [-0.15, -0.1) is 11.8 Å². The van der Waals surface area contributed by atoms with Crippen LogP contribution in [0.2, 0.25) is 0 Å². The summed E-state index contributed by atoms with van der Waals surface area (Å²) >= 11 is 1.29. The van der Waals surface area contributed by atoms with E-state index in [1.54, 1.807) is 45.0 Å². The molecule has 2 aliphatic heterocycles. The molecule has 2 saturated heterocycles. The molecule has 2 amide bonds. The number of nitrogens with one attached hydrogen (secondary N) is 2. The van der Waals surface area contributed by atoms with Crippen LogP contribution in [-0.4, -0.2) is 81.8 Å². The lowest BCUT2D eigenvalue weighted by Gasteiger charge is -2.44. The number of hydrogen-bond donors (Lipinski definition) is 3. The largest absolute Gasteiger partial charge is 0.508 e. The molecule has 2 fully saturated rings. The first kappa shape index (κ1) is 36.8. The van der Waals surface area contributed by atoms with Crippen molar-refractivity contribution in [3.63, 3.8) is 0 Å². The van der Waals surface area contributed by atoms with E-state index >= 15 is 0 Å². The van der Waals surface area contributed by atoms with Crippen LogP contribution in [0.15, 0.2) is 66.4 Å². The highest BCUT2D eigenvalue weighted by molar-refractivity contribution is 8.01. The van der Waals surface area contributed by atoms with Crippen molar-refractivity contribution in [2.24, 2.45) is 5.41 Å². The minimum atomic E-state index is -1.69. The maximum absolute atomic E-state index is 13.5. The molecule has 262 valence electrons. The Morgan fingerprint density at radius 2 is 1.63 bits per heavy atom. The molecule has 15 heteroatoms. The number of allylic oxidation sites excluding steroid dienone is 1. The van der Waals surface area contributed by atoms with E-state index in [0.29, 0.717) is 11.3 Å². The van der Waals surface area contributed by atoms with E-state index in [1.807, 2.05) is 6.07 Å². The van der Waals surface area contributed by atoms with E-state index in [1.165, 1.54) is 68.0 Å². The molecule has 14 nitrogen and oxygen atoms in total. The van der Waals surface area contributed by atoms with Crippen molar-refractivity contribution in [1.82, 2.24) is 15.5 Å². The maximum atomic E-state index is 13.5. The molecule has 0 aliphatic carbocycles. The van der Waals surface area contributed by atoms with Gasteiger partial charge < -0.3 is 39.6 Å². The summed E-state index contributed by atoms with van der Waals surface area (Å²) in [6, 6.07) is 11.7. The molecule has 4 rings (SSSR count). The highest BCUT2D eigenvalue weighted by atomic mass is 32.2. The Morgan fingerprint density at radius 1 is 1.00 bits per heavy atom. The molecule has 0 aromatic heterocycles. The molecule has 1 unspecified atom stereocenters. The number of fused-ring (bicyclic) bond motifs is 1. The van der Waals surface area contributed by atoms with Gasteiger partial charge in [0, 0.05) is 16.5 Å². The number of rotatable bonds is 13. The Balaban J connectivity index is 1.36. The Hall–Kier alpha value is -5.05. The van der Waals surface area contributed by atoms with Crippen molar-refractivity contribution in [2.45, 2.75) is 69.5 Å². The maximum Gasteiger partial charge on any atom is 0.333 e. The smallest absolute Gasteiger partial charge is 0.333 e. The fraction of sp³-hybridized carbons (Fsp3) is 0.412. The normalized spacial score (nSPS) is 20.2. The molecule has 2 aromatic carbocycles. The van der Waals surface area contributed by atoms with Crippen molar-refractivity contribution < 1.29 is 52.8 Å². The summed E-state index contributed by atoms with van der Waals surface area (Å²) in [6.07, 6.45) is 1.17. The number of ether oxygens (including phenoxy) is 4. The summed E-state index contributed by atoms with van der Waals surface area (Å²) in [5.41, 5.74) is -0.189. The predicted molar refractivity (Wildman–Crippen MR) is 175 cm³/mol. The second-order valence-corrected chi connectivity index (χ2v) is 14.2. The van der Waals surface area contributed by atoms with Crippen LogP contribution in [0.3, 0.4) is 0 Å². The molecule has 0 radical (unpaired) electrons. The number of esters is 4. The fourth-order valence-corrected chi connectivity index (χ4v) is 6.84. The van der Waals surface area contributed by atoms with Gasteiger partial charge in [0.1, 0.15) is 35.9 Å². The Kier molecular flexibility index (Phi) is 11.3. The second kappa shape index (κ2) is 15.0. The van der Waals surface area contributed by atoms with E-state index in [-0.39, 0.29) is 12.4 Å². The van der Waals surface area contributed by atoms with Crippen LogP contribution < -0.4 is 10.6 Å². The summed E-state index contributed by atoms with van der Waals surface area (Å²) in [7, 11) is 1.22. The number of aromatic hydroxyl groups is 1. The second-order valence-electron chi connectivity index (χ2n) is 12.5. The topological polar surface area (TPSA) is 187 Å². The van der Waals surface area contributed by atoms with Crippen LogP contribution in [0, 0.1) is 5.41 Å². The minimum absolute atomic E-state index is 0.0168. The van der Waals surface area contributed by atoms with E-state index < -0.39 is 76.1 Å². The monoisotopic (exact) mass is 697 g/mol. The lowest BCUT2D eigenvalue weighted by molar-refractivity contribution is -0.184. The molecule has 2 aliphatic rings. The first-order valence-corrected chi connectivity index (χ1v) is 16.1. The van der Waals surface area contributed by atoms with Gasteiger partial charge in [0.25, 0.3) is 0 Å². The number of methoxy groups -OCH3 is 1. The number of carbonyl (C=O) groups is 6. The van der Waals surface area contributed by atoms with Crippen LogP contribution >= 0.6 is 11.8 Å². The van der Waals surface area contributed by atoms with Crippen LogP contribution in [0.4, 0.5) is 0 Å². The zero-order valence-electron chi connectivity index (χ0n) is 27.9. The standard InChI is InChI=1S/C34H39N3O11S/c1-19(16-23(39)45-6)35-24(21-12-14-22(38)15-13-21)27(40)36-25-28(41)37-26(34(4,5)49-29(25)37)30(42)47-18-48-32(44)33(2,3)31(43)46-17-20-10-8-7-9-11-20/h7-16,24-26,29,35,38H,17-18H2,1-6H3,(H,36,40)/t24?,25-,26+,29-/m1/s1. The summed E-state index contributed by atoms with van der Waals surface area (Å²) < 4.78 is 19.4. The van der Waals surface area contributed by atoms with E-state index in [4.69, 9.17) is 14.2 Å². The number of amides is 2. The van der Waals surface area contributed by atoms with Crippen molar-refractivity contribution in [1.29, 1.82) is 0 Å². The first-order valence-electron chi connectivity index (χ1n) is 15.2. The highest BCUT2D eigenvalue weighted by Crippen LogP contribution is 2.51. The third-order valence-corrected chi connectivity index (χ3v) is 9.55. The Bertz CT molecular complexity index is 1630. The molecular weight excluding hydrogens is 658 g/mol. The zero-order valence-corrected chi connectivity index (χ0v) is 28.7. The van der Waals surface area contributed by atoms with E-state index in [9.17, 15) is 33.9 Å². The molecule has 2 heterocycles. The average Bonchev–Trinajstić information content (AvgIpc) is 3.32. The van der Waals surface area contributed by atoms with Gasteiger partial charge in [0.05, 0.1) is 7.11 Å². The van der Waals surface area contributed by atoms with Gasteiger partial charge in [-0.2, -0.15) is 0 Å². The average molecular weight is 698 g/mol. The Labute approximate surface area is 287 Å². The SMILES string of the molecule is COC(=O)C=C(C)NC(C(=O)N[C@@H]1C(=O)N2[C@@H]1SC(C)(C)[C@@H]2C(=O)OCOC(=O)C(C)(C)C(=O)OCc1ccccc1)c1ccc(O)cc1. The number of carbonyl (C=O) groups excluding carboxylic acids is 6. The molecule has 2 aromatic rings. The third kappa shape index (κ3) is 8.34. The van der Waals surface area contributed by atoms with Gasteiger partial charge in [-0.3, -0.25) is 19.2 Å². The zero-order chi connectivity index (χ0) is 36.1. The number of phenols is 1. The molecule has 3 N–H and O–H groups in total. The quantitative estimate of drug-likeness (QED) is 0.0693. The summed E-state index contributed by atoms with van der Waals surface area (Å²) in [5, 5.41) is 14.8. The number of benzene rings is 2. The number of nitrogens with zero attached hydrogens (tertiary/aromatic N) is 1. The van der Waals surface area contributed by atoms with Crippen molar-refractivity contribution >= 4 is 47.5 Å². The molecule has 49 heavy (non-hydrogen) atoms. The van der Waals surface area contributed by atoms with E-state index in [0.717, 1.165) is 5.56 Å². The molecule has 0 bridgehead atoms. The number of hydrogen-bond acceptors (Lipinski definition) is 13. The molecule has 4 atom stereocenters. The van der Waals surface area contributed by atoms with Crippen LogP contribution in [0.1, 0.15) is 51.8 Å². The summed E-state index contributed by atoms with van der Waals surface area (Å²) in [6.45, 7) is 6.88. The molecule has 0 spiro atoms. The predicted octanol–water partition coefficient (Wildman–Crippen LogP) is 2.46. The van der Waals surface area contributed by atoms with Gasteiger partial charge >= 0.3 is 23.9 Å². The van der Waals surface area contributed by atoms with Gasteiger partial charge in [0.2, 0.25) is 18.6 Å². The lowest BCUT2D eigenvalue weighted by Crippen LogP contribution is -2.71. The van der Waals surface area contributed by atoms with E-state index in [2.05, 4.69) is 15.4 Å². The number of thioether (sulfide) groups is 1. The van der Waals surface area contributed by atoms with Crippen molar-refractivity contribution in [3.05, 3.63) is 77.5 Å². The van der Waals surface area contributed by atoms with Crippen LogP contribution in [-0.2, 0) is 54.3 Å². The Morgan fingerprint density at radius 3 is 2.27 bits per heavy atom. The summed E-state index contributed by atoms with van der Waals surface area (Å²) in [5.74, 6) is -4.39.